The number of nitrogens with zero attached hydrogens (tertiary/aromatic N) is 1. The van der Waals surface area contributed by atoms with Crippen LogP contribution in [0.2, 0.25) is 0 Å². The van der Waals surface area contributed by atoms with Gasteiger partial charge in [-0.3, -0.25) is 4.99 Å². The fourth-order valence-corrected chi connectivity index (χ4v) is 0.649. The lowest BCUT2D eigenvalue weighted by atomic mass is 10.3. The van der Waals surface area contributed by atoms with Crippen LogP contribution < -0.4 is 0 Å². The number of ether oxygens (including phenoxy) is 1. The van der Waals surface area contributed by atoms with Crippen LogP contribution in [0.25, 0.3) is 0 Å². The van der Waals surface area contributed by atoms with E-state index < -0.39 is 0 Å². The van der Waals surface area contributed by atoms with Crippen molar-refractivity contribution in [2.75, 3.05) is 13.7 Å². The van der Waals surface area contributed by atoms with Gasteiger partial charge < -0.3 is 4.74 Å². The van der Waals surface area contributed by atoms with Crippen molar-refractivity contribution in [3.63, 3.8) is 0 Å². The van der Waals surface area contributed by atoms with Gasteiger partial charge in [0.15, 0.2) is 0 Å². The Kier molecular flexibility index (Phi) is 6.79. The molecule has 2 nitrogen and oxygen atoms in total. The first-order valence-electron chi connectivity index (χ1n) is 4.05. The monoisotopic (exact) mass is 155 g/mol. The van der Waals surface area contributed by atoms with Crippen LogP contribution in [0.1, 0.15) is 26.7 Å². The smallest absolute Gasteiger partial charge is 0.132 e. The van der Waals surface area contributed by atoms with Crippen molar-refractivity contribution in [1.82, 2.24) is 0 Å². The van der Waals surface area contributed by atoms with Gasteiger partial charge in [-0.05, 0) is 19.4 Å². The zero-order valence-corrected chi connectivity index (χ0v) is 7.63. The minimum absolute atomic E-state index is 0.834. The Morgan fingerprint density at radius 1 is 1.55 bits per heavy atom. The molecule has 2 heteroatoms. The quantitative estimate of drug-likeness (QED) is 0.339. The van der Waals surface area contributed by atoms with Crippen LogP contribution in [0.15, 0.2) is 16.8 Å². The van der Waals surface area contributed by atoms with E-state index in [-0.39, 0.29) is 0 Å². The van der Waals surface area contributed by atoms with E-state index in [4.69, 9.17) is 4.74 Å². The summed E-state index contributed by atoms with van der Waals surface area (Å²) in [5, 5.41) is 0. The summed E-state index contributed by atoms with van der Waals surface area (Å²) in [7, 11) is 1.65. The second-order valence-corrected chi connectivity index (χ2v) is 2.28. The fraction of sp³-hybridized carbons (Fsp3) is 0.667. The van der Waals surface area contributed by atoms with Gasteiger partial charge in [0.2, 0.25) is 0 Å². The van der Waals surface area contributed by atoms with Gasteiger partial charge in [-0.1, -0.05) is 13.3 Å². The van der Waals surface area contributed by atoms with Crippen LogP contribution in [0.4, 0.5) is 0 Å². The van der Waals surface area contributed by atoms with Crippen molar-refractivity contribution >= 4 is 6.21 Å². The summed E-state index contributed by atoms with van der Waals surface area (Å²) < 4.78 is 4.99. The number of unbranched alkanes of at least 4 members (excludes halogenated alkanes) is 1. The van der Waals surface area contributed by atoms with Crippen LogP contribution in [-0.2, 0) is 4.74 Å². The van der Waals surface area contributed by atoms with Crippen LogP contribution in [0.3, 0.4) is 0 Å². The summed E-state index contributed by atoms with van der Waals surface area (Å²) in [4.78, 5) is 4.18. The van der Waals surface area contributed by atoms with Crippen LogP contribution in [0.5, 0.6) is 0 Å². The van der Waals surface area contributed by atoms with Crippen molar-refractivity contribution < 1.29 is 4.74 Å². The molecule has 0 aromatic heterocycles. The van der Waals surface area contributed by atoms with Crippen molar-refractivity contribution in [3.8, 4) is 0 Å². The third-order valence-electron chi connectivity index (χ3n) is 1.38. The van der Waals surface area contributed by atoms with E-state index in [0.29, 0.717) is 0 Å². The number of rotatable bonds is 5. The number of hydrogen-bond donors (Lipinski definition) is 0. The molecule has 0 aliphatic heterocycles. The zero-order chi connectivity index (χ0) is 8.53. The fourth-order valence-electron chi connectivity index (χ4n) is 0.649. The molecular weight excluding hydrogens is 138 g/mol. The molecule has 0 saturated heterocycles. The van der Waals surface area contributed by atoms with Crippen LogP contribution >= 0.6 is 0 Å². The lowest BCUT2D eigenvalue weighted by Crippen LogP contribution is -1.88. The van der Waals surface area contributed by atoms with Gasteiger partial charge in [-0.15, -0.1) is 0 Å². The van der Waals surface area contributed by atoms with Crippen molar-refractivity contribution in [2.24, 2.45) is 4.99 Å². The topological polar surface area (TPSA) is 21.6 Å². The van der Waals surface area contributed by atoms with E-state index in [0.717, 1.165) is 18.7 Å². The van der Waals surface area contributed by atoms with Gasteiger partial charge in [0.25, 0.3) is 0 Å². The summed E-state index contributed by atoms with van der Waals surface area (Å²) in [5.41, 5.74) is 0. The van der Waals surface area contributed by atoms with Crippen molar-refractivity contribution in [3.05, 3.63) is 11.8 Å². The second-order valence-electron chi connectivity index (χ2n) is 2.28. The molecule has 64 valence electrons. The number of hydrogen-bond acceptors (Lipinski definition) is 2. The predicted octanol–water partition coefficient (Wildman–Crippen LogP) is 2.41. The first-order valence-corrected chi connectivity index (χ1v) is 4.05. The lowest BCUT2D eigenvalue weighted by molar-refractivity contribution is 0.316. The van der Waals surface area contributed by atoms with E-state index in [1.54, 1.807) is 13.3 Å². The molecule has 0 atom stereocenters. The minimum atomic E-state index is 0.834. The molecular formula is C9H17NO. The van der Waals surface area contributed by atoms with Gasteiger partial charge in [-0.25, -0.2) is 0 Å². The standard InChI is InChI=1S/C9H17NO/c1-4-6-7-10-8-9(5-2)11-3/h5,8H,4,6-7H2,1-3H3. The molecule has 0 unspecified atom stereocenters. The van der Waals surface area contributed by atoms with Crippen LogP contribution in [-0.4, -0.2) is 19.9 Å². The molecule has 0 heterocycles. The molecule has 11 heavy (non-hydrogen) atoms. The maximum Gasteiger partial charge on any atom is 0.132 e. The summed E-state index contributed by atoms with van der Waals surface area (Å²) in [5.74, 6) is 0.834. The SMILES string of the molecule is CC=C(C=NCCCC)OC. The van der Waals surface area contributed by atoms with E-state index in [2.05, 4.69) is 11.9 Å². The van der Waals surface area contributed by atoms with Gasteiger partial charge in [0.1, 0.15) is 5.76 Å². The summed E-state index contributed by atoms with van der Waals surface area (Å²) in [6.45, 7) is 4.99. The highest BCUT2D eigenvalue weighted by Crippen LogP contribution is 1.91. The van der Waals surface area contributed by atoms with E-state index >= 15 is 0 Å². The molecule has 0 saturated carbocycles. The lowest BCUT2D eigenvalue weighted by Gasteiger charge is -1.96. The Morgan fingerprint density at radius 3 is 2.73 bits per heavy atom. The Morgan fingerprint density at radius 2 is 2.27 bits per heavy atom. The Balaban J connectivity index is 3.54. The summed E-state index contributed by atoms with van der Waals surface area (Å²) >= 11 is 0. The molecule has 0 fully saturated rings. The molecule has 0 aliphatic rings. The second kappa shape index (κ2) is 7.32. The third kappa shape index (κ3) is 5.64. The molecule has 0 aliphatic carbocycles. The van der Waals surface area contributed by atoms with Crippen molar-refractivity contribution in [1.29, 1.82) is 0 Å². The van der Waals surface area contributed by atoms with Gasteiger partial charge in [0, 0.05) is 6.54 Å². The van der Waals surface area contributed by atoms with Gasteiger partial charge in [0.05, 0.1) is 13.3 Å². The van der Waals surface area contributed by atoms with Crippen molar-refractivity contribution in [2.45, 2.75) is 26.7 Å². The maximum atomic E-state index is 4.99. The predicted molar refractivity (Wildman–Crippen MR) is 49.0 cm³/mol. The van der Waals surface area contributed by atoms with E-state index in [1.165, 1.54) is 6.42 Å². The Labute approximate surface area is 69.0 Å². The third-order valence-corrected chi connectivity index (χ3v) is 1.38. The van der Waals surface area contributed by atoms with E-state index in [1.807, 2.05) is 13.0 Å². The highest BCUT2D eigenvalue weighted by molar-refractivity contribution is 5.75. The first kappa shape index (κ1) is 10.2. The molecule has 0 radical (unpaired) electrons. The highest BCUT2D eigenvalue weighted by Gasteiger charge is 1.85. The average Bonchev–Trinajstić information content (AvgIpc) is 2.05. The van der Waals surface area contributed by atoms with Crippen LogP contribution in [0, 0.1) is 0 Å². The largest absolute Gasteiger partial charge is 0.496 e. The Hall–Kier alpha value is -0.790. The van der Waals surface area contributed by atoms with Gasteiger partial charge >= 0.3 is 0 Å². The average molecular weight is 155 g/mol. The minimum Gasteiger partial charge on any atom is -0.496 e. The molecule has 0 rings (SSSR count). The van der Waals surface area contributed by atoms with E-state index in [9.17, 15) is 0 Å². The first-order chi connectivity index (χ1) is 5.35. The number of methoxy groups -OCH3 is 1. The zero-order valence-electron chi connectivity index (χ0n) is 7.63. The molecule has 0 spiro atoms. The molecule has 0 N–H and O–H groups in total. The van der Waals surface area contributed by atoms with Gasteiger partial charge in [-0.2, -0.15) is 0 Å². The molecule has 0 bridgehead atoms. The summed E-state index contributed by atoms with van der Waals surface area (Å²) in [6.07, 6.45) is 6.01. The normalized spacial score (nSPS) is 12.5. The molecule has 0 amide bonds. The number of allylic oxidation sites excluding steroid dienone is 2. The number of aliphatic imine (C=N–C) groups is 1. The Bertz CT molecular complexity index is 138. The summed E-state index contributed by atoms with van der Waals surface area (Å²) in [6, 6.07) is 0. The molecule has 0 aromatic carbocycles. The highest BCUT2D eigenvalue weighted by atomic mass is 16.5. The maximum absolute atomic E-state index is 4.99. The molecule has 0 aromatic rings.